The van der Waals surface area contributed by atoms with Crippen LogP contribution in [-0.2, 0) is 6.42 Å². The summed E-state index contributed by atoms with van der Waals surface area (Å²) < 4.78 is 6.56. The third-order valence-corrected chi connectivity index (χ3v) is 3.64. The SMILES string of the molecule is NC(=S)c1ccc(Oc2ccc(CCO)cc2)cc1Br. The van der Waals surface area contributed by atoms with E-state index in [1.165, 1.54) is 0 Å². The Morgan fingerprint density at radius 1 is 1.15 bits per heavy atom. The van der Waals surface area contributed by atoms with Crippen LogP contribution in [0.1, 0.15) is 11.1 Å². The molecule has 0 fully saturated rings. The molecule has 0 aliphatic heterocycles. The summed E-state index contributed by atoms with van der Waals surface area (Å²) in [6.45, 7) is 0.146. The lowest BCUT2D eigenvalue weighted by Gasteiger charge is -2.09. The Kier molecular flexibility index (Phi) is 5.11. The molecule has 0 aliphatic rings. The van der Waals surface area contributed by atoms with Crippen molar-refractivity contribution in [3.05, 3.63) is 58.1 Å². The Morgan fingerprint density at radius 2 is 1.80 bits per heavy atom. The van der Waals surface area contributed by atoms with Crippen molar-refractivity contribution in [1.29, 1.82) is 0 Å². The number of ether oxygens (including phenoxy) is 1. The molecule has 0 saturated heterocycles. The average molecular weight is 352 g/mol. The number of aliphatic hydroxyl groups excluding tert-OH is 1. The Balaban J connectivity index is 2.13. The third-order valence-electron chi connectivity index (χ3n) is 2.77. The monoisotopic (exact) mass is 351 g/mol. The number of rotatable bonds is 5. The van der Waals surface area contributed by atoms with E-state index in [2.05, 4.69) is 15.9 Å². The normalized spacial score (nSPS) is 10.3. The Labute approximate surface area is 131 Å². The van der Waals surface area contributed by atoms with Crippen molar-refractivity contribution in [3.63, 3.8) is 0 Å². The summed E-state index contributed by atoms with van der Waals surface area (Å²) in [6, 6.07) is 13.1. The molecule has 0 radical (unpaired) electrons. The van der Waals surface area contributed by atoms with E-state index in [1.807, 2.05) is 42.5 Å². The summed E-state index contributed by atoms with van der Waals surface area (Å²) in [7, 11) is 0. The highest BCUT2D eigenvalue weighted by atomic mass is 79.9. The molecule has 0 bridgehead atoms. The van der Waals surface area contributed by atoms with Gasteiger partial charge in [-0.25, -0.2) is 0 Å². The van der Waals surface area contributed by atoms with Crippen LogP contribution in [-0.4, -0.2) is 16.7 Å². The molecule has 5 heteroatoms. The summed E-state index contributed by atoms with van der Waals surface area (Å²) in [5, 5.41) is 8.87. The zero-order valence-corrected chi connectivity index (χ0v) is 13.1. The summed E-state index contributed by atoms with van der Waals surface area (Å²) in [4.78, 5) is 0.344. The van der Waals surface area contributed by atoms with E-state index >= 15 is 0 Å². The lowest BCUT2D eigenvalue weighted by atomic mass is 10.1. The fourth-order valence-corrected chi connectivity index (χ4v) is 2.63. The highest BCUT2D eigenvalue weighted by Gasteiger charge is 2.05. The minimum atomic E-state index is 0.146. The quantitative estimate of drug-likeness (QED) is 0.810. The molecule has 0 aromatic heterocycles. The second kappa shape index (κ2) is 6.83. The predicted molar refractivity (Wildman–Crippen MR) is 87.3 cm³/mol. The summed E-state index contributed by atoms with van der Waals surface area (Å²) in [6.07, 6.45) is 0.647. The molecule has 0 heterocycles. The van der Waals surface area contributed by atoms with Gasteiger partial charge < -0.3 is 15.6 Å². The zero-order chi connectivity index (χ0) is 14.5. The van der Waals surface area contributed by atoms with Crippen molar-refractivity contribution < 1.29 is 9.84 Å². The summed E-state index contributed by atoms with van der Waals surface area (Å²) in [5.41, 5.74) is 7.46. The van der Waals surface area contributed by atoms with Crippen LogP contribution in [0.15, 0.2) is 46.9 Å². The largest absolute Gasteiger partial charge is 0.457 e. The smallest absolute Gasteiger partial charge is 0.128 e. The number of nitrogens with two attached hydrogens (primary N) is 1. The van der Waals surface area contributed by atoms with Gasteiger partial charge in [0.1, 0.15) is 16.5 Å². The highest BCUT2D eigenvalue weighted by Crippen LogP contribution is 2.27. The minimum absolute atomic E-state index is 0.146. The van der Waals surface area contributed by atoms with E-state index < -0.39 is 0 Å². The van der Waals surface area contributed by atoms with Crippen molar-refractivity contribution in [1.82, 2.24) is 0 Å². The topological polar surface area (TPSA) is 55.5 Å². The minimum Gasteiger partial charge on any atom is -0.457 e. The fraction of sp³-hybridized carbons (Fsp3) is 0.133. The van der Waals surface area contributed by atoms with Gasteiger partial charge in [0.25, 0.3) is 0 Å². The number of hydrogen-bond acceptors (Lipinski definition) is 3. The molecule has 104 valence electrons. The Bertz CT molecular complexity index is 614. The maximum atomic E-state index is 8.87. The predicted octanol–water partition coefficient (Wildman–Crippen LogP) is 3.41. The van der Waals surface area contributed by atoms with Crippen LogP contribution >= 0.6 is 28.1 Å². The van der Waals surface area contributed by atoms with E-state index in [4.69, 9.17) is 27.8 Å². The second-order valence-electron chi connectivity index (χ2n) is 4.23. The highest BCUT2D eigenvalue weighted by molar-refractivity contribution is 9.10. The first-order valence-corrected chi connectivity index (χ1v) is 7.27. The molecule has 2 rings (SSSR count). The molecule has 2 aromatic carbocycles. The van der Waals surface area contributed by atoms with Gasteiger partial charge in [-0.05, 0) is 58.2 Å². The Hall–Kier alpha value is -1.43. The second-order valence-corrected chi connectivity index (χ2v) is 5.52. The molecule has 0 amide bonds. The molecule has 0 spiro atoms. The molecular formula is C15H14BrNO2S. The lowest BCUT2D eigenvalue weighted by molar-refractivity contribution is 0.299. The lowest BCUT2D eigenvalue weighted by Crippen LogP contribution is -2.09. The Morgan fingerprint density at radius 3 is 2.35 bits per heavy atom. The van der Waals surface area contributed by atoms with Gasteiger partial charge in [0.2, 0.25) is 0 Å². The maximum absolute atomic E-state index is 8.87. The maximum Gasteiger partial charge on any atom is 0.128 e. The van der Waals surface area contributed by atoms with Crippen molar-refractivity contribution in [3.8, 4) is 11.5 Å². The molecule has 0 aliphatic carbocycles. The standard InChI is InChI=1S/C15H14BrNO2S/c16-14-9-12(5-6-13(14)15(17)20)19-11-3-1-10(2-4-11)7-8-18/h1-6,9,18H,7-8H2,(H2,17,20). The molecular weight excluding hydrogens is 338 g/mol. The van der Waals surface area contributed by atoms with Crippen molar-refractivity contribution in [2.75, 3.05) is 6.61 Å². The molecule has 3 nitrogen and oxygen atoms in total. The number of benzene rings is 2. The van der Waals surface area contributed by atoms with E-state index in [-0.39, 0.29) is 6.61 Å². The van der Waals surface area contributed by atoms with E-state index in [0.717, 1.165) is 21.3 Å². The zero-order valence-electron chi connectivity index (χ0n) is 10.7. The number of thiocarbonyl (C=S) groups is 1. The first-order chi connectivity index (χ1) is 9.60. The van der Waals surface area contributed by atoms with Crippen LogP contribution in [0.2, 0.25) is 0 Å². The summed E-state index contributed by atoms with van der Waals surface area (Å²) >= 11 is 8.37. The van der Waals surface area contributed by atoms with Crippen LogP contribution in [0, 0.1) is 0 Å². The van der Waals surface area contributed by atoms with Crippen molar-refractivity contribution in [2.45, 2.75) is 6.42 Å². The van der Waals surface area contributed by atoms with Crippen molar-refractivity contribution in [2.24, 2.45) is 5.73 Å². The van der Waals surface area contributed by atoms with Crippen LogP contribution in [0.3, 0.4) is 0 Å². The van der Waals surface area contributed by atoms with Gasteiger partial charge in [-0.3, -0.25) is 0 Å². The van der Waals surface area contributed by atoms with Gasteiger partial charge in [-0.2, -0.15) is 0 Å². The number of halogens is 1. The van der Waals surface area contributed by atoms with Gasteiger partial charge in [-0.15, -0.1) is 0 Å². The van der Waals surface area contributed by atoms with Gasteiger partial charge in [0, 0.05) is 16.6 Å². The van der Waals surface area contributed by atoms with Gasteiger partial charge in [-0.1, -0.05) is 24.4 Å². The van der Waals surface area contributed by atoms with Crippen LogP contribution in [0.4, 0.5) is 0 Å². The van der Waals surface area contributed by atoms with Crippen molar-refractivity contribution >= 4 is 33.1 Å². The van der Waals surface area contributed by atoms with Gasteiger partial charge >= 0.3 is 0 Å². The van der Waals surface area contributed by atoms with E-state index in [1.54, 1.807) is 0 Å². The number of aliphatic hydroxyl groups is 1. The molecule has 0 atom stereocenters. The van der Waals surface area contributed by atoms with Crippen LogP contribution < -0.4 is 10.5 Å². The van der Waals surface area contributed by atoms with Crippen LogP contribution in [0.25, 0.3) is 0 Å². The molecule has 2 aromatic rings. The molecule has 3 N–H and O–H groups in total. The third kappa shape index (κ3) is 3.79. The fourth-order valence-electron chi connectivity index (χ4n) is 1.75. The van der Waals surface area contributed by atoms with E-state index in [0.29, 0.717) is 17.2 Å². The molecule has 0 saturated carbocycles. The first-order valence-electron chi connectivity index (χ1n) is 6.07. The van der Waals surface area contributed by atoms with Gasteiger partial charge in [0.15, 0.2) is 0 Å². The summed E-state index contributed by atoms with van der Waals surface area (Å²) in [5.74, 6) is 1.44. The number of hydrogen-bond donors (Lipinski definition) is 2. The average Bonchev–Trinajstić information content (AvgIpc) is 2.41. The van der Waals surface area contributed by atoms with E-state index in [9.17, 15) is 0 Å². The molecule has 20 heavy (non-hydrogen) atoms. The molecule has 0 unspecified atom stereocenters. The van der Waals surface area contributed by atoms with Crippen LogP contribution in [0.5, 0.6) is 11.5 Å². The van der Waals surface area contributed by atoms with Gasteiger partial charge in [0.05, 0.1) is 0 Å². The first kappa shape index (κ1) is 15.0.